The number of fused-ring (bicyclic) bond motifs is 1. The maximum Gasteiger partial charge on any atom is 0.251 e. The standard InChI is InChI=1S/C19H28N4O2/c1-21-10-12-22(13-11-21)19(24)18-3-2-16-17(25-18)6-9-23(16)14-15-4-7-20-8-5-15/h4-5,7-8,16-18H,2-3,6,9-14H2,1H3/t16-,17-,18-/m0/s1. The maximum atomic E-state index is 12.8. The van der Waals surface area contributed by atoms with Crippen molar-refractivity contribution < 1.29 is 9.53 Å². The number of likely N-dealkylation sites (N-methyl/N-ethyl adjacent to an activating group) is 1. The summed E-state index contributed by atoms with van der Waals surface area (Å²) < 4.78 is 6.26. The Kier molecular flexibility index (Phi) is 5.01. The molecule has 1 amide bonds. The lowest BCUT2D eigenvalue weighted by Crippen LogP contribution is -2.53. The minimum atomic E-state index is -0.231. The zero-order valence-electron chi connectivity index (χ0n) is 15.0. The number of ether oxygens (including phenoxy) is 1. The van der Waals surface area contributed by atoms with Gasteiger partial charge in [-0.05, 0) is 44.0 Å². The van der Waals surface area contributed by atoms with Crippen molar-refractivity contribution in [3.63, 3.8) is 0 Å². The highest BCUT2D eigenvalue weighted by Gasteiger charge is 2.42. The largest absolute Gasteiger partial charge is 0.363 e. The maximum absolute atomic E-state index is 12.8. The van der Waals surface area contributed by atoms with Crippen molar-refractivity contribution >= 4 is 5.91 Å². The second-order valence-electron chi connectivity index (χ2n) is 7.55. The van der Waals surface area contributed by atoms with E-state index in [1.807, 2.05) is 17.3 Å². The van der Waals surface area contributed by atoms with Crippen LogP contribution >= 0.6 is 0 Å². The zero-order valence-corrected chi connectivity index (χ0v) is 15.0. The van der Waals surface area contributed by atoms with Crippen molar-refractivity contribution in [2.45, 2.75) is 44.1 Å². The van der Waals surface area contributed by atoms with Crippen LogP contribution in [0.5, 0.6) is 0 Å². The summed E-state index contributed by atoms with van der Waals surface area (Å²) >= 11 is 0. The lowest BCUT2D eigenvalue weighted by molar-refractivity contribution is -0.156. The molecule has 6 nitrogen and oxygen atoms in total. The summed E-state index contributed by atoms with van der Waals surface area (Å²) in [5, 5.41) is 0. The molecule has 0 N–H and O–H groups in total. The van der Waals surface area contributed by atoms with E-state index >= 15 is 0 Å². The molecule has 0 bridgehead atoms. The lowest BCUT2D eigenvalue weighted by Gasteiger charge is -2.39. The van der Waals surface area contributed by atoms with E-state index in [0.717, 1.165) is 58.5 Å². The molecular weight excluding hydrogens is 316 g/mol. The van der Waals surface area contributed by atoms with Crippen LogP contribution in [0.3, 0.4) is 0 Å². The summed E-state index contributed by atoms with van der Waals surface area (Å²) in [6, 6.07) is 4.61. The Balaban J connectivity index is 1.33. The van der Waals surface area contributed by atoms with Crippen LogP contribution in [0.25, 0.3) is 0 Å². The fourth-order valence-electron chi connectivity index (χ4n) is 4.35. The smallest absolute Gasteiger partial charge is 0.251 e. The van der Waals surface area contributed by atoms with Crippen LogP contribution in [0.1, 0.15) is 24.8 Å². The monoisotopic (exact) mass is 344 g/mol. The van der Waals surface area contributed by atoms with Gasteiger partial charge in [-0.3, -0.25) is 14.7 Å². The average Bonchev–Trinajstić information content (AvgIpc) is 3.05. The van der Waals surface area contributed by atoms with Crippen molar-refractivity contribution in [1.29, 1.82) is 0 Å². The third-order valence-corrected chi connectivity index (χ3v) is 5.89. The van der Waals surface area contributed by atoms with Crippen molar-refractivity contribution in [3.8, 4) is 0 Å². The molecule has 0 aliphatic carbocycles. The van der Waals surface area contributed by atoms with Crippen LogP contribution < -0.4 is 0 Å². The SMILES string of the molecule is CN1CCN(C(=O)[C@@H]2CC[C@H]3[C@H](CCN3Cc3ccncc3)O2)CC1. The number of nitrogens with zero attached hydrogens (tertiary/aromatic N) is 4. The number of hydrogen-bond acceptors (Lipinski definition) is 5. The van der Waals surface area contributed by atoms with Gasteiger partial charge in [0.1, 0.15) is 6.10 Å². The van der Waals surface area contributed by atoms with E-state index in [0.29, 0.717) is 6.04 Å². The number of aromatic nitrogens is 1. The molecular formula is C19H28N4O2. The second kappa shape index (κ2) is 7.40. The zero-order chi connectivity index (χ0) is 17.2. The van der Waals surface area contributed by atoms with Gasteiger partial charge in [-0.2, -0.15) is 0 Å². The van der Waals surface area contributed by atoms with Crippen LogP contribution in [0.15, 0.2) is 24.5 Å². The molecule has 0 unspecified atom stereocenters. The van der Waals surface area contributed by atoms with Crippen molar-refractivity contribution in [2.75, 3.05) is 39.8 Å². The molecule has 3 saturated heterocycles. The van der Waals surface area contributed by atoms with Crippen LogP contribution in [0.2, 0.25) is 0 Å². The molecule has 0 aromatic carbocycles. The van der Waals surface area contributed by atoms with E-state index in [9.17, 15) is 4.79 Å². The highest BCUT2D eigenvalue weighted by molar-refractivity contribution is 5.81. The molecule has 3 fully saturated rings. The highest BCUT2D eigenvalue weighted by atomic mass is 16.5. The van der Waals surface area contributed by atoms with Crippen LogP contribution in [0, 0.1) is 0 Å². The third kappa shape index (κ3) is 3.71. The average molecular weight is 344 g/mol. The molecule has 3 aliphatic heterocycles. The number of amides is 1. The van der Waals surface area contributed by atoms with E-state index in [4.69, 9.17) is 4.74 Å². The molecule has 6 heteroatoms. The molecule has 3 aliphatic rings. The van der Waals surface area contributed by atoms with Gasteiger partial charge in [0.05, 0.1) is 6.10 Å². The quantitative estimate of drug-likeness (QED) is 0.818. The van der Waals surface area contributed by atoms with Crippen molar-refractivity contribution in [3.05, 3.63) is 30.1 Å². The van der Waals surface area contributed by atoms with Crippen molar-refractivity contribution in [2.24, 2.45) is 0 Å². The fourth-order valence-corrected chi connectivity index (χ4v) is 4.35. The predicted molar refractivity (Wildman–Crippen MR) is 95.0 cm³/mol. The summed E-state index contributed by atoms with van der Waals surface area (Å²) in [4.78, 5) is 23.7. The number of likely N-dealkylation sites (tertiary alicyclic amines) is 1. The Labute approximate surface area is 149 Å². The fraction of sp³-hybridized carbons (Fsp3) is 0.684. The molecule has 0 spiro atoms. The van der Waals surface area contributed by atoms with E-state index in [1.54, 1.807) is 0 Å². The second-order valence-corrected chi connectivity index (χ2v) is 7.55. The van der Waals surface area contributed by atoms with E-state index in [2.05, 4.69) is 34.0 Å². The topological polar surface area (TPSA) is 48.9 Å². The molecule has 4 rings (SSSR count). The van der Waals surface area contributed by atoms with Gasteiger partial charge in [0.25, 0.3) is 5.91 Å². The van der Waals surface area contributed by atoms with Gasteiger partial charge < -0.3 is 14.5 Å². The molecule has 25 heavy (non-hydrogen) atoms. The van der Waals surface area contributed by atoms with Gasteiger partial charge in [0.2, 0.25) is 0 Å². The number of carbonyl (C=O) groups excluding carboxylic acids is 1. The summed E-state index contributed by atoms with van der Waals surface area (Å²) in [6.45, 7) is 5.58. The van der Waals surface area contributed by atoms with E-state index in [-0.39, 0.29) is 18.1 Å². The van der Waals surface area contributed by atoms with E-state index in [1.165, 1.54) is 5.56 Å². The Morgan fingerprint density at radius 3 is 2.64 bits per heavy atom. The first kappa shape index (κ1) is 16.9. The van der Waals surface area contributed by atoms with Crippen LogP contribution in [0.4, 0.5) is 0 Å². The predicted octanol–water partition coefficient (Wildman–Crippen LogP) is 0.978. The van der Waals surface area contributed by atoms with Gasteiger partial charge in [0, 0.05) is 57.7 Å². The van der Waals surface area contributed by atoms with Gasteiger partial charge in [-0.25, -0.2) is 0 Å². The molecule has 136 valence electrons. The molecule has 3 atom stereocenters. The minimum absolute atomic E-state index is 0.206. The number of pyridine rings is 1. The highest BCUT2D eigenvalue weighted by Crippen LogP contribution is 2.33. The Morgan fingerprint density at radius 1 is 1.12 bits per heavy atom. The van der Waals surface area contributed by atoms with Gasteiger partial charge in [-0.15, -0.1) is 0 Å². The third-order valence-electron chi connectivity index (χ3n) is 5.89. The van der Waals surface area contributed by atoms with Crippen molar-refractivity contribution in [1.82, 2.24) is 19.7 Å². The summed E-state index contributed by atoms with van der Waals surface area (Å²) in [5.74, 6) is 0.208. The molecule has 0 radical (unpaired) electrons. The minimum Gasteiger partial charge on any atom is -0.363 e. The molecule has 0 saturated carbocycles. The first-order chi connectivity index (χ1) is 12.2. The van der Waals surface area contributed by atoms with Gasteiger partial charge >= 0.3 is 0 Å². The normalized spacial score (nSPS) is 31.1. The Hall–Kier alpha value is -1.50. The first-order valence-electron chi connectivity index (χ1n) is 9.46. The Bertz CT molecular complexity index is 588. The van der Waals surface area contributed by atoms with Gasteiger partial charge in [-0.1, -0.05) is 0 Å². The van der Waals surface area contributed by atoms with Crippen LogP contribution in [-0.2, 0) is 16.1 Å². The Morgan fingerprint density at radius 2 is 1.88 bits per heavy atom. The van der Waals surface area contributed by atoms with E-state index < -0.39 is 0 Å². The van der Waals surface area contributed by atoms with Crippen LogP contribution in [-0.4, -0.2) is 83.6 Å². The molecule has 4 heterocycles. The lowest BCUT2D eigenvalue weighted by atomic mass is 9.98. The summed E-state index contributed by atoms with van der Waals surface area (Å²) in [5.41, 5.74) is 1.30. The molecule has 1 aromatic heterocycles. The summed E-state index contributed by atoms with van der Waals surface area (Å²) in [7, 11) is 2.11. The van der Waals surface area contributed by atoms with Gasteiger partial charge in [0.15, 0.2) is 0 Å². The number of carbonyl (C=O) groups is 1. The number of piperazine rings is 1. The summed E-state index contributed by atoms with van der Waals surface area (Å²) in [6.07, 6.45) is 6.61. The first-order valence-corrected chi connectivity index (χ1v) is 9.46. The number of rotatable bonds is 3. The number of hydrogen-bond donors (Lipinski definition) is 0. The molecule has 1 aromatic rings.